The number of carbonyl (C=O) groups is 1. The smallest absolute Gasteiger partial charge is 0.313 e. The average Bonchev–Trinajstić information content (AvgIpc) is 3.03. The van der Waals surface area contributed by atoms with Gasteiger partial charge in [0.15, 0.2) is 9.84 Å². The first-order chi connectivity index (χ1) is 8.30. The van der Waals surface area contributed by atoms with Crippen LogP contribution in [0.2, 0.25) is 0 Å². The van der Waals surface area contributed by atoms with Gasteiger partial charge in [0.1, 0.15) is 0 Å². The number of hydrogen-bond donors (Lipinski definition) is 1. The van der Waals surface area contributed by atoms with E-state index in [0.717, 1.165) is 18.6 Å². The van der Waals surface area contributed by atoms with Gasteiger partial charge in [0, 0.05) is 5.92 Å². The molecule has 0 radical (unpaired) electrons. The van der Waals surface area contributed by atoms with Gasteiger partial charge in [-0.3, -0.25) is 4.84 Å². The number of amides is 1. The third-order valence-corrected chi connectivity index (χ3v) is 5.25. The Bertz CT molecular complexity index is 481. The Balaban J connectivity index is 1.86. The summed E-state index contributed by atoms with van der Waals surface area (Å²) in [6.45, 7) is 3.53. The normalized spacial score (nSPS) is 31.1. The number of hydrogen-bond acceptors (Lipinski definition) is 5. The lowest BCUT2D eigenvalue weighted by atomic mass is 10.0. The summed E-state index contributed by atoms with van der Waals surface area (Å²) in [5, 5.41) is 6.33. The highest BCUT2D eigenvalue weighted by Gasteiger charge is 2.40. The van der Waals surface area contributed by atoms with Crippen LogP contribution in [0, 0.1) is 5.92 Å². The molecule has 1 aliphatic heterocycles. The van der Waals surface area contributed by atoms with Gasteiger partial charge in [0.2, 0.25) is 0 Å². The number of carbonyl (C=O) groups excluding carboxylic acids is 1. The molecule has 1 aliphatic carbocycles. The van der Waals surface area contributed by atoms with Gasteiger partial charge in [-0.15, -0.1) is 0 Å². The highest BCUT2D eigenvalue weighted by molar-refractivity contribution is 7.91. The minimum Gasteiger partial charge on any atom is -0.313 e. The number of rotatable bonds is 3. The van der Waals surface area contributed by atoms with Crippen LogP contribution in [0.25, 0.3) is 0 Å². The van der Waals surface area contributed by atoms with Crippen molar-refractivity contribution in [3.63, 3.8) is 0 Å². The standard InChI is InChI=1S/C11H18N2O4S/c1-8(9-3-4-9)13-17-10(14)12-11(2)5-6-18(15,16)7-11/h9H,3-7H2,1-2H3,(H,12,14)/b13-8+. The van der Waals surface area contributed by atoms with Crippen LogP contribution in [-0.2, 0) is 14.7 Å². The summed E-state index contributed by atoms with van der Waals surface area (Å²) >= 11 is 0. The topological polar surface area (TPSA) is 84.8 Å². The number of oxime groups is 1. The van der Waals surface area contributed by atoms with Gasteiger partial charge in [-0.1, -0.05) is 5.16 Å². The minimum atomic E-state index is -3.04. The van der Waals surface area contributed by atoms with Crippen molar-refractivity contribution in [3.8, 4) is 0 Å². The first kappa shape index (κ1) is 13.3. The molecule has 0 bridgehead atoms. The van der Waals surface area contributed by atoms with Crippen molar-refractivity contribution >= 4 is 21.6 Å². The second kappa shape index (κ2) is 4.53. The zero-order chi connectivity index (χ0) is 13.4. The molecule has 2 rings (SSSR count). The van der Waals surface area contributed by atoms with Crippen molar-refractivity contribution < 1.29 is 18.0 Å². The molecule has 0 spiro atoms. The molecule has 1 saturated carbocycles. The molecule has 2 fully saturated rings. The molecule has 0 aromatic rings. The van der Waals surface area contributed by atoms with Crippen LogP contribution >= 0.6 is 0 Å². The van der Waals surface area contributed by atoms with Crippen molar-refractivity contribution in [1.29, 1.82) is 0 Å². The summed E-state index contributed by atoms with van der Waals surface area (Å²) in [6, 6.07) is 0. The lowest BCUT2D eigenvalue weighted by Gasteiger charge is -2.22. The molecule has 1 heterocycles. The molecule has 1 amide bonds. The largest absolute Gasteiger partial charge is 0.433 e. The van der Waals surface area contributed by atoms with Crippen LogP contribution in [0.1, 0.15) is 33.1 Å². The average molecular weight is 274 g/mol. The van der Waals surface area contributed by atoms with Gasteiger partial charge in [-0.25, -0.2) is 13.2 Å². The zero-order valence-corrected chi connectivity index (χ0v) is 11.4. The molecule has 18 heavy (non-hydrogen) atoms. The van der Waals surface area contributed by atoms with E-state index in [4.69, 9.17) is 4.84 Å². The highest BCUT2D eigenvalue weighted by Crippen LogP contribution is 2.30. The van der Waals surface area contributed by atoms with E-state index >= 15 is 0 Å². The fourth-order valence-electron chi connectivity index (χ4n) is 2.07. The molecule has 0 aromatic carbocycles. The molecule has 2 aliphatic rings. The van der Waals surface area contributed by atoms with Crippen LogP contribution in [-0.4, -0.2) is 37.3 Å². The number of sulfone groups is 1. The van der Waals surface area contributed by atoms with Crippen LogP contribution in [0.15, 0.2) is 5.16 Å². The van der Waals surface area contributed by atoms with Gasteiger partial charge in [0.05, 0.1) is 22.8 Å². The first-order valence-corrected chi connectivity index (χ1v) is 7.86. The quantitative estimate of drug-likeness (QED) is 0.474. The van der Waals surface area contributed by atoms with Gasteiger partial charge >= 0.3 is 6.09 Å². The Morgan fingerprint density at radius 2 is 2.11 bits per heavy atom. The molecule has 1 saturated heterocycles. The number of nitrogens with zero attached hydrogens (tertiary/aromatic N) is 1. The molecule has 1 atom stereocenters. The Labute approximate surface area is 107 Å². The second-order valence-corrected chi connectivity index (χ2v) is 7.60. The summed E-state index contributed by atoms with van der Waals surface area (Å²) in [4.78, 5) is 16.3. The van der Waals surface area contributed by atoms with Gasteiger partial charge < -0.3 is 5.32 Å². The molecule has 6 nitrogen and oxygen atoms in total. The lowest BCUT2D eigenvalue weighted by molar-refractivity contribution is 0.140. The van der Waals surface area contributed by atoms with Crippen molar-refractivity contribution in [2.24, 2.45) is 11.1 Å². The van der Waals surface area contributed by atoms with E-state index in [0.29, 0.717) is 12.3 Å². The van der Waals surface area contributed by atoms with E-state index in [9.17, 15) is 13.2 Å². The van der Waals surface area contributed by atoms with Gasteiger partial charge in [0.25, 0.3) is 0 Å². The van der Waals surface area contributed by atoms with Crippen molar-refractivity contribution in [2.75, 3.05) is 11.5 Å². The monoisotopic (exact) mass is 274 g/mol. The third-order valence-electron chi connectivity index (χ3n) is 3.35. The van der Waals surface area contributed by atoms with Crippen LogP contribution in [0.3, 0.4) is 0 Å². The predicted octanol–water partition coefficient (Wildman–Crippen LogP) is 1.08. The highest BCUT2D eigenvalue weighted by atomic mass is 32.2. The zero-order valence-electron chi connectivity index (χ0n) is 10.6. The van der Waals surface area contributed by atoms with E-state index in [-0.39, 0.29) is 11.5 Å². The second-order valence-electron chi connectivity index (χ2n) is 5.41. The summed E-state index contributed by atoms with van der Waals surface area (Å²) < 4.78 is 22.7. The SMILES string of the molecule is C/C(=N\OC(=O)NC1(C)CCS(=O)(=O)C1)C1CC1. The maximum Gasteiger partial charge on any atom is 0.433 e. The van der Waals surface area contributed by atoms with E-state index in [2.05, 4.69) is 10.5 Å². The molecule has 102 valence electrons. The predicted molar refractivity (Wildman–Crippen MR) is 67.1 cm³/mol. The summed E-state index contributed by atoms with van der Waals surface area (Å²) in [5.74, 6) is 0.509. The fraction of sp³-hybridized carbons (Fsp3) is 0.818. The van der Waals surface area contributed by atoms with Gasteiger partial charge in [-0.05, 0) is 33.1 Å². The molecule has 7 heteroatoms. The molecule has 0 aromatic heterocycles. The number of nitrogens with one attached hydrogen (secondary N) is 1. The maximum atomic E-state index is 11.5. The van der Waals surface area contributed by atoms with Gasteiger partial charge in [-0.2, -0.15) is 0 Å². The van der Waals surface area contributed by atoms with Crippen LogP contribution in [0.4, 0.5) is 4.79 Å². The summed E-state index contributed by atoms with van der Waals surface area (Å²) in [5.41, 5.74) is 0.0770. The Kier molecular flexibility index (Phi) is 3.35. The van der Waals surface area contributed by atoms with E-state index in [1.54, 1.807) is 6.92 Å². The lowest BCUT2D eigenvalue weighted by Crippen LogP contribution is -2.46. The van der Waals surface area contributed by atoms with E-state index in [1.807, 2.05) is 6.92 Å². The molecular formula is C11H18N2O4S. The summed E-state index contributed by atoms with van der Waals surface area (Å²) in [7, 11) is -3.04. The van der Waals surface area contributed by atoms with Crippen molar-refractivity contribution in [1.82, 2.24) is 5.32 Å². The van der Waals surface area contributed by atoms with E-state index < -0.39 is 21.5 Å². The fourth-order valence-corrected chi connectivity index (χ4v) is 4.16. The van der Waals surface area contributed by atoms with Crippen LogP contribution in [0.5, 0.6) is 0 Å². The first-order valence-electron chi connectivity index (χ1n) is 6.04. The Morgan fingerprint density at radius 3 is 2.61 bits per heavy atom. The molecule has 1 N–H and O–H groups in total. The Hall–Kier alpha value is -1.11. The summed E-state index contributed by atoms with van der Waals surface area (Å²) in [6.07, 6.45) is 1.91. The minimum absolute atomic E-state index is 0.0412. The molecule has 1 unspecified atom stereocenters. The van der Waals surface area contributed by atoms with E-state index in [1.165, 1.54) is 0 Å². The molecular weight excluding hydrogens is 256 g/mol. The maximum absolute atomic E-state index is 11.5. The third kappa shape index (κ3) is 3.44. The van der Waals surface area contributed by atoms with Crippen molar-refractivity contribution in [2.45, 2.75) is 38.6 Å². The van der Waals surface area contributed by atoms with Crippen LogP contribution < -0.4 is 5.32 Å². The Morgan fingerprint density at radius 1 is 1.44 bits per heavy atom. The van der Waals surface area contributed by atoms with Crippen molar-refractivity contribution in [3.05, 3.63) is 0 Å².